The van der Waals surface area contributed by atoms with Crippen LogP contribution in [0.4, 0.5) is 4.39 Å². The molecule has 0 fully saturated rings. The summed E-state index contributed by atoms with van der Waals surface area (Å²) in [6.45, 7) is 5.28. The first-order valence-corrected chi connectivity index (χ1v) is 6.35. The second-order valence-corrected chi connectivity index (χ2v) is 5.05. The fraction of sp³-hybridized carbons (Fsp3) is 0.467. The lowest BCUT2D eigenvalue weighted by Crippen LogP contribution is -2.28. The summed E-state index contributed by atoms with van der Waals surface area (Å²) >= 11 is 0. The highest BCUT2D eigenvalue weighted by atomic mass is 19.1. The van der Waals surface area contributed by atoms with E-state index < -0.39 is 23.0 Å². The number of benzene rings is 1. The largest absolute Gasteiger partial charge is 0.496 e. The van der Waals surface area contributed by atoms with Crippen molar-refractivity contribution < 1.29 is 23.5 Å². The maximum absolute atomic E-state index is 13.4. The third-order valence-corrected chi connectivity index (χ3v) is 3.00. The van der Waals surface area contributed by atoms with Crippen molar-refractivity contribution in [2.75, 3.05) is 13.7 Å². The van der Waals surface area contributed by atoms with Crippen LogP contribution in [0.25, 0.3) is 0 Å². The minimum Gasteiger partial charge on any atom is -0.496 e. The minimum absolute atomic E-state index is 0.0777. The molecule has 0 amide bonds. The van der Waals surface area contributed by atoms with Gasteiger partial charge in [0.15, 0.2) is 0 Å². The van der Waals surface area contributed by atoms with Gasteiger partial charge >= 0.3 is 5.97 Å². The normalized spacial score (nSPS) is 11.1. The monoisotopic (exact) mass is 282 g/mol. The molecule has 0 aliphatic carbocycles. The Balaban J connectivity index is 3.01. The SMILES string of the molecule is CCOC(=O)C(=O)CC(C)(C)c1cc(F)ccc1OC. The van der Waals surface area contributed by atoms with Crippen molar-refractivity contribution in [1.82, 2.24) is 0 Å². The average Bonchev–Trinajstić information content (AvgIpc) is 2.38. The molecule has 0 bridgehead atoms. The molecule has 0 heterocycles. The summed E-state index contributed by atoms with van der Waals surface area (Å²) in [6.07, 6.45) is -0.0777. The molecule has 5 heteroatoms. The molecule has 1 rings (SSSR count). The number of esters is 1. The highest BCUT2D eigenvalue weighted by Crippen LogP contribution is 2.35. The molecule has 0 spiro atoms. The number of methoxy groups -OCH3 is 1. The van der Waals surface area contributed by atoms with E-state index in [4.69, 9.17) is 4.74 Å². The van der Waals surface area contributed by atoms with Gasteiger partial charge in [-0.05, 0) is 25.1 Å². The first kappa shape index (κ1) is 16.1. The summed E-state index contributed by atoms with van der Waals surface area (Å²) in [5.41, 5.74) is -0.199. The van der Waals surface area contributed by atoms with Crippen molar-refractivity contribution in [3.05, 3.63) is 29.6 Å². The van der Waals surface area contributed by atoms with Gasteiger partial charge in [0.25, 0.3) is 0 Å². The molecule has 0 aromatic heterocycles. The predicted octanol–water partition coefficient (Wildman–Crippen LogP) is 2.63. The summed E-state index contributed by atoms with van der Waals surface area (Å²) in [5, 5.41) is 0. The second kappa shape index (κ2) is 6.50. The molecule has 4 nitrogen and oxygen atoms in total. The van der Waals surface area contributed by atoms with Crippen molar-refractivity contribution in [2.24, 2.45) is 0 Å². The van der Waals surface area contributed by atoms with Crippen LogP contribution >= 0.6 is 0 Å². The molecule has 0 atom stereocenters. The number of Topliss-reactive ketones (excluding diaryl/α,β-unsaturated/α-hetero) is 1. The Bertz CT molecular complexity index is 509. The molecule has 0 unspecified atom stereocenters. The van der Waals surface area contributed by atoms with Crippen LogP contribution in [0.3, 0.4) is 0 Å². The maximum Gasteiger partial charge on any atom is 0.374 e. The number of ketones is 1. The van der Waals surface area contributed by atoms with Crippen LogP contribution in [0, 0.1) is 5.82 Å². The van der Waals surface area contributed by atoms with E-state index in [-0.39, 0.29) is 13.0 Å². The van der Waals surface area contributed by atoms with E-state index in [0.29, 0.717) is 11.3 Å². The van der Waals surface area contributed by atoms with Gasteiger partial charge < -0.3 is 9.47 Å². The smallest absolute Gasteiger partial charge is 0.374 e. The van der Waals surface area contributed by atoms with E-state index in [1.807, 2.05) is 0 Å². The van der Waals surface area contributed by atoms with Crippen LogP contribution in [-0.2, 0) is 19.7 Å². The van der Waals surface area contributed by atoms with Crippen molar-refractivity contribution in [1.29, 1.82) is 0 Å². The number of rotatable bonds is 6. The number of ether oxygens (including phenoxy) is 2. The Labute approximate surface area is 117 Å². The number of halogens is 1. The molecule has 110 valence electrons. The molecular formula is C15H19FO4. The molecule has 0 N–H and O–H groups in total. The van der Waals surface area contributed by atoms with Crippen LogP contribution in [0.5, 0.6) is 5.75 Å². The van der Waals surface area contributed by atoms with Crippen LogP contribution in [0.2, 0.25) is 0 Å². The van der Waals surface area contributed by atoms with E-state index in [0.717, 1.165) is 0 Å². The third-order valence-electron chi connectivity index (χ3n) is 3.00. The molecule has 0 radical (unpaired) electrons. The zero-order valence-electron chi connectivity index (χ0n) is 12.2. The molecule has 1 aromatic carbocycles. The third kappa shape index (κ3) is 3.79. The molecule has 1 aromatic rings. The Kier molecular flexibility index (Phi) is 5.25. The summed E-state index contributed by atoms with van der Waals surface area (Å²) in [4.78, 5) is 23.2. The fourth-order valence-corrected chi connectivity index (χ4v) is 1.99. The number of hydrogen-bond acceptors (Lipinski definition) is 4. The Morgan fingerprint density at radius 1 is 1.30 bits per heavy atom. The van der Waals surface area contributed by atoms with Crippen molar-refractivity contribution in [3.8, 4) is 5.75 Å². The zero-order valence-corrected chi connectivity index (χ0v) is 12.2. The lowest BCUT2D eigenvalue weighted by Gasteiger charge is -2.26. The van der Waals surface area contributed by atoms with Crippen LogP contribution in [0.1, 0.15) is 32.8 Å². The van der Waals surface area contributed by atoms with Gasteiger partial charge in [-0.25, -0.2) is 9.18 Å². The molecule has 0 aliphatic heterocycles. The highest BCUT2D eigenvalue weighted by molar-refractivity contribution is 6.33. The van der Waals surface area contributed by atoms with Crippen molar-refractivity contribution >= 4 is 11.8 Å². The number of hydrogen-bond donors (Lipinski definition) is 0. The maximum atomic E-state index is 13.4. The summed E-state index contributed by atoms with van der Waals surface area (Å²) in [5.74, 6) is -1.44. The first-order chi connectivity index (χ1) is 9.31. The van der Waals surface area contributed by atoms with Gasteiger partial charge in [0.2, 0.25) is 5.78 Å². The van der Waals surface area contributed by atoms with Gasteiger partial charge in [-0.2, -0.15) is 0 Å². The van der Waals surface area contributed by atoms with E-state index in [1.54, 1.807) is 20.8 Å². The van der Waals surface area contributed by atoms with Gasteiger partial charge in [0.05, 0.1) is 13.7 Å². The molecule has 0 saturated heterocycles. The van der Waals surface area contributed by atoms with E-state index >= 15 is 0 Å². The highest BCUT2D eigenvalue weighted by Gasteiger charge is 2.31. The zero-order chi connectivity index (χ0) is 15.3. The van der Waals surface area contributed by atoms with Gasteiger partial charge in [-0.1, -0.05) is 13.8 Å². The summed E-state index contributed by atoms with van der Waals surface area (Å²) in [7, 11) is 1.47. The Morgan fingerprint density at radius 3 is 2.50 bits per heavy atom. The summed E-state index contributed by atoms with van der Waals surface area (Å²) < 4.78 is 23.3. The van der Waals surface area contributed by atoms with Crippen molar-refractivity contribution in [2.45, 2.75) is 32.6 Å². The minimum atomic E-state index is -0.865. The standard InChI is InChI=1S/C15H19FO4/c1-5-20-14(18)12(17)9-15(2,3)11-8-10(16)6-7-13(11)19-4/h6-8H,5,9H2,1-4H3. The second-order valence-electron chi connectivity index (χ2n) is 5.05. The number of carbonyl (C=O) groups is 2. The Hall–Kier alpha value is -1.91. The number of carbonyl (C=O) groups excluding carboxylic acids is 2. The van der Waals surface area contributed by atoms with Gasteiger partial charge in [0.1, 0.15) is 11.6 Å². The van der Waals surface area contributed by atoms with Crippen LogP contribution in [-0.4, -0.2) is 25.5 Å². The van der Waals surface area contributed by atoms with E-state index in [2.05, 4.69) is 4.74 Å². The molecule has 0 aliphatic rings. The van der Waals surface area contributed by atoms with E-state index in [1.165, 1.54) is 25.3 Å². The lowest BCUT2D eigenvalue weighted by atomic mass is 9.79. The topological polar surface area (TPSA) is 52.6 Å². The van der Waals surface area contributed by atoms with Gasteiger partial charge in [0, 0.05) is 17.4 Å². The summed E-state index contributed by atoms with van der Waals surface area (Å²) in [6, 6.07) is 4.10. The van der Waals surface area contributed by atoms with Crippen LogP contribution in [0.15, 0.2) is 18.2 Å². The molecule has 0 saturated carbocycles. The quantitative estimate of drug-likeness (QED) is 0.594. The van der Waals surface area contributed by atoms with Crippen molar-refractivity contribution in [3.63, 3.8) is 0 Å². The van der Waals surface area contributed by atoms with Gasteiger partial charge in [-0.15, -0.1) is 0 Å². The average molecular weight is 282 g/mol. The fourth-order valence-electron chi connectivity index (χ4n) is 1.99. The molecule has 20 heavy (non-hydrogen) atoms. The Morgan fingerprint density at radius 2 is 1.95 bits per heavy atom. The lowest BCUT2D eigenvalue weighted by molar-refractivity contribution is -0.154. The first-order valence-electron chi connectivity index (χ1n) is 6.35. The van der Waals surface area contributed by atoms with E-state index in [9.17, 15) is 14.0 Å². The predicted molar refractivity (Wildman–Crippen MR) is 72.2 cm³/mol. The molecular weight excluding hydrogens is 263 g/mol. The van der Waals surface area contributed by atoms with Crippen LogP contribution < -0.4 is 4.74 Å². The van der Waals surface area contributed by atoms with Gasteiger partial charge in [-0.3, -0.25) is 4.79 Å².